The monoisotopic (exact) mass is 413 g/mol. The number of nitrogens with zero attached hydrogens (tertiary/aromatic N) is 2. The molecule has 1 N–H and O–H groups in total. The minimum absolute atomic E-state index is 0.113. The number of rotatable bonds is 5. The van der Waals surface area contributed by atoms with Gasteiger partial charge in [-0.2, -0.15) is 5.10 Å². The van der Waals surface area contributed by atoms with Crippen molar-refractivity contribution in [3.63, 3.8) is 0 Å². The molecule has 1 aliphatic rings. The highest BCUT2D eigenvalue weighted by molar-refractivity contribution is 6.33. The first kappa shape index (κ1) is 18.5. The number of ether oxygens (including phenoxy) is 2. The Bertz CT molecular complexity index is 1140. The van der Waals surface area contributed by atoms with Gasteiger partial charge in [-0.3, -0.25) is 14.9 Å². The van der Waals surface area contributed by atoms with E-state index < -0.39 is 10.8 Å². The number of benzene rings is 2. The van der Waals surface area contributed by atoms with Crippen molar-refractivity contribution in [3.8, 4) is 22.8 Å². The van der Waals surface area contributed by atoms with Crippen molar-refractivity contribution < 1.29 is 23.6 Å². The highest BCUT2D eigenvalue weighted by Crippen LogP contribution is 2.33. The lowest BCUT2D eigenvalue weighted by molar-refractivity contribution is -0.384. The van der Waals surface area contributed by atoms with Gasteiger partial charge in [0.15, 0.2) is 11.5 Å². The number of nitrogens with one attached hydrogen (secondary N) is 1. The highest BCUT2D eigenvalue weighted by atomic mass is 35.5. The topological polar surface area (TPSA) is 116 Å². The van der Waals surface area contributed by atoms with E-state index in [1.807, 2.05) is 0 Å². The van der Waals surface area contributed by atoms with Crippen LogP contribution in [0.1, 0.15) is 16.1 Å². The van der Waals surface area contributed by atoms with Crippen LogP contribution in [-0.2, 0) is 0 Å². The number of amides is 1. The summed E-state index contributed by atoms with van der Waals surface area (Å²) in [6.07, 6.45) is 1.33. The number of fused-ring (bicyclic) bond motifs is 1. The molecule has 1 aromatic heterocycles. The van der Waals surface area contributed by atoms with Gasteiger partial charge in [-0.25, -0.2) is 5.43 Å². The Labute approximate surface area is 168 Å². The van der Waals surface area contributed by atoms with Gasteiger partial charge in [0.25, 0.3) is 11.6 Å². The van der Waals surface area contributed by atoms with Crippen LogP contribution in [0.5, 0.6) is 11.5 Å². The normalized spacial score (nSPS) is 12.3. The zero-order valence-electron chi connectivity index (χ0n) is 14.6. The number of non-ortho nitro benzene ring substituents is 1. The third-order valence-electron chi connectivity index (χ3n) is 4.05. The predicted molar refractivity (Wildman–Crippen MR) is 103 cm³/mol. The van der Waals surface area contributed by atoms with Crippen molar-refractivity contribution in [1.82, 2.24) is 5.43 Å². The fourth-order valence-electron chi connectivity index (χ4n) is 2.64. The van der Waals surface area contributed by atoms with Crippen molar-refractivity contribution in [2.75, 3.05) is 6.79 Å². The lowest BCUT2D eigenvalue weighted by Gasteiger charge is -2.01. The Morgan fingerprint density at radius 3 is 2.76 bits per heavy atom. The summed E-state index contributed by atoms with van der Waals surface area (Å²) in [7, 11) is 0. The van der Waals surface area contributed by atoms with E-state index >= 15 is 0 Å². The van der Waals surface area contributed by atoms with Crippen LogP contribution in [0.3, 0.4) is 0 Å². The highest BCUT2D eigenvalue weighted by Gasteiger charge is 2.16. The maximum absolute atomic E-state index is 12.2. The van der Waals surface area contributed by atoms with Gasteiger partial charge in [-0.15, -0.1) is 0 Å². The van der Waals surface area contributed by atoms with Gasteiger partial charge in [0.1, 0.15) is 11.5 Å². The van der Waals surface area contributed by atoms with Gasteiger partial charge in [-0.05, 0) is 36.4 Å². The molecule has 0 spiro atoms. The number of hydrogen-bond donors (Lipinski definition) is 1. The summed E-state index contributed by atoms with van der Waals surface area (Å²) >= 11 is 6.10. The summed E-state index contributed by atoms with van der Waals surface area (Å²) in [5.41, 5.74) is 3.15. The molecule has 0 aliphatic carbocycles. The van der Waals surface area contributed by atoms with Crippen LogP contribution < -0.4 is 14.9 Å². The molecule has 4 rings (SSSR count). The van der Waals surface area contributed by atoms with Crippen molar-refractivity contribution in [1.29, 1.82) is 0 Å². The van der Waals surface area contributed by atoms with Gasteiger partial charge in [0.05, 0.1) is 16.2 Å². The van der Waals surface area contributed by atoms with Crippen LogP contribution >= 0.6 is 11.6 Å². The number of carbonyl (C=O) groups is 1. The van der Waals surface area contributed by atoms with Crippen LogP contribution in [0.4, 0.5) is 5.69 Å². The van der Waals surface area contributed by atoms with Gasteiger partial charge < -0.3 is 13.9 Å². The Morgan fingerprint density at radius 2 is 1.97 bits per heavy atom. The number of nitro groups is 1. The third-order valence-corrected chi connectivity index (χ3v) is 4.36. The minimum Gasteiger partial charge on any atom is -0.455 e. The number of furan rings is 1. The summed E-state index contributed by atoms with van der Waals surface area (Å²) in [6, 6.07) is 12.2. The molecule has 0 radical (unpaired) electrons. The van der Waals surface area contributed by atoms with E-state index in [1.54, 1.807) is 30.3 Å². The van der Waals surface area contributed by atoms with Gasteiger partial charge in [-0.1, -0.05) is 11.6 Å². The van der Waals surface area contributed by atoms with Crippen molar-refractivity contribution >= 4 is 29.4 Å². The summed E-state index contributed by atoms with van der Waals surface area (Å²) in [5.74, 6) is 1.42. The first-order chi connectivity index (χ1) is 14.0. The molecule has 0 fully saturated rings. The molecular formula is C19H12ClN3O6. The van der Waals surface area contributed by atoms with Crippen LogP contribution in [-0.4, -0.2) is 23.8 Å². The molecule has 2 aromatic carbocycles. The maximum atomic E-state index is 12.2. The molecule has 29 heavy (non-hydrogen) atoms. The molecule has 1 aliphatic heterocycles. The number of halogens is 1. The number of carbonyl (C=O) groups excluding carboxylic acids is 1. The SMILES string of the molecule is O=C(N/N=C\c1ccc(-c2ccc([N+](=O)[O-])cc2Cl)o1)c1ccc2c(c1)OCO2. The quantitative estimate of drug-likeness (QED) is 0.384. The first-order valence-electron chi connectivity index (χ1n) is 8.28. The van der Waals surface area contributed by atoms with E-state index in [0.29, 0.717) is 34.1 Å². The Kier molecular flexibility index (Phi) is 4.88. The minimum atomic E-state index is -0.529. The molecule has 1 amide bonds. The zero-order valence-corrected chi connectivity index (χ0v) is 15.4. The standard InChI is InChI=1S/C19H12ClN3O6/c20-15-8-12(23(25)26)2-4-14(15)16-6-3-13(29-16)9-21-22-19(24)11-1-5-17-18(7-11)28-10-27-17/h1-9H,10H2,(H,22,24)/b21-9-. The molecule has 0 bridgehead atoms. The summed E-state index contributed by atoms with van der Waals surface area (Å²) < 4.78 is 16.0. The van der Waals surface area contributed by atoms with Gasteiger partial charge >= 0.3 is 0 Å². The molecule has 0 saturated carbocycles. The van der Waals surface area contributed by atoms with E-state index in [-0.39, 0.29) is 17.5 Å². The van der Waals surface area contributed by atoms with E-state index in [0.717, 1.165) is 0 Å². The second-order valence-electron chi connectivity index (χ2n) is 5.89. The van der Waals surface area contributed by atoms with E-state index in [1.165, 1.54) is 24.4 Å². The predicted octanol–water partition coefficient (Wildman–Crippen LogP) is 4.00. The number of hydrogen-bond acceptors (Lipinski definition) is 7. The fourth-order valence-corrected chi connectivity index (χ4v) is 2.91. The summed E-state index contributed by atoms with van der Waals surface area (Å²) in [6.45, 7) is 0.123. The molecule has 3 aromatic rings. The first-order valence-corrected chi connectivity index (χ1v) is 8.66. The van der Waals surface area contributed by atoms with Crippen LogP contribution in [0.2, 0.25) is 5.02 Å². The second kappa shape index (κ2) is 7.64. The Hall–Kier alpha value is -3.85. The van der Waals surface area contributed by atoms with Gasteiger partial charge in [0, 0.05) is 23.3 Å². The average molecular weight is 414 g/mol. The lowest BCUT2D eigenvalue weighted by Crippen LogP contribution is -2.17. The van der Waals surface area contributed by atoms with Crippen LogP contribution in [0.25, 0.3) is 11.3 Å². The maximum Gasteiger partial charge on any atom is 0.271 e. The molecule has 0 atom stereocenters. The third kappa shape index (κ3) is 3.90. The Balaban J connectivity index is 1.43. The average Bonchev–Trinajstić information content (AvgIpc) is 3.36. The molecule has 2 heterocycles. The van der Waals surface area contributed by atoms with E-state index in [4.69, 9.17) is 25.5 Å². The second-order valence-corrected chi connectivity index (χ2v) is 6.30. The molecule has 146 valence electrons. The van der Waals surface area contributed by atoms with Gasteiger partial charge in [0.2, 0.25) is 6.79 Å². The fraction of sp³-hybridized carbons (Fsp3) is 0.0526. The van der Waals surface area contributed by atoms with Crippen molar-refractivity contribution in [3.05, 3.63) is 75.0 Å². The van der Waals surface area contributed by atoms with Crippen LogP contribution in [0.15, 0.2) is 58.0 Å². The van der Waals surface area contributed by atoms with E-state index in [9.17, 15) is 14.9 Å². The van der Waals surface area contributed by atoms with E-state index in [2.05, 4.69) is 10.5 Å². The molecule has 10 heteroatoms. The lowest BCUT2D eigenvalue weighted by atomic mass is 10.1. The number of hydrazone groups is 1. The smallest absolute Gasteiger partial charge is 0.271 e. The molecular weight excluding hydrogens is 402 g/mol. The summed E-state index contributed by atoms with van der Waals surface area (Å²) in [4.78, 5) is 22.4. The van der Waals surface area contributed by atoms with Crippen molar-refractivity contribution in [2.45, 2.75) is 0 Å². The van der Waals surface area contributed by atoms with Crippen molar-refractivity contribution in [2.24, 2.45) is 5.10 Å². The zero-order chi connectivity index (χ0) is 20.4. The largest absolute Gasteiger partial charge is 0.455 e. The molecule has 9 nitrogen and oxygen atoms in total. The number of nitro benzene ring substituents is 1. The summed E-state index contributed by atoms with van der Waals surface area (Å²) in [5, 5.41) is 14.8. The Morgan fingerprint density at radius 1 is 1.14 bits per heavy atom. The molecule has 0 saturated heterocycles. The van der Waals surface area contributed by atoms with Crippen LogP contribution in [0, 0.1) is 10.1 Å². The molecule has 0 unspecified atom stereocenters.